The van der Waals surface area contributed by atoms with Crippen LogP contribution in [0.2, 0.25) is 0 Å². The molecule has 0 saturated heterocycles. The predicted octanol–water partition coefficient (Wildman–Crippen LogP) is 5.07. The molecule has 1 nitrogen and oxygen atoms in total. The second kappa shape index (κ2) is 5.15. The lowest BCUT2D eigenvalue weighted by molar-refractivity contribution is -0.219. The molecular weight excluding hydrogens is 220 g/mol. The van der Waals surface area contributed by atoms with Gasteiger partial charge in [-0.1, -0.05) is 46.5 Å². The summed E-state index contributed by atoms with van der Waals surface area (Å²) in [4.78, 5) is 0. The zero-order valence-electron chi connectivity index (χ0n) is 12.7. The summed E-state index contributed by atoms with van der Waals surface area (Å²) in [5.41, 5.74) is 0.0454. The molecule has 18 heavy (non-hydrogen) atoms. The van der Waals surface area contributed by atoms with Crippen molar-refractivity contribution in [2.45, 2.75) is 97.0 Å². The molecule has 0 aromatic heterocycles. The number of hydrogen-bond donors (Lipinski definition) is 1. The Balaban J connectivity index is 2.40. The summed E-state index contributed by atoms with van der Waals surface area (Å²) in [6.45, 7) is 6.82. The summed E-state index contributed by atoms with van der Waals surface area (Å²) in [5.74, 6) is 0. The third-order valence-electron chi connectivity index (χ3n) is 6.74. The first-order valence-electron chi connectivity index (χ1n) is 8.32. The minimum Gasteiger partial charge on any atom is -0.389 e. The van der Waals surface area contributed by atoms with Gasteiger partial charge >= 0.3 is 0 Å². The van der Waals surface area contributed by atoms with Crippen molar-refractivity contribution in [1.82, 2.24) is 0 Å². The summed E-state index contributed by atoms with van der Waals surface area (Å²) in [5, 5.41) is 11.7. The van der Waals surface area contributed by atoms with E-state index in [4.69, 9.17) is 0 Å². The minimum absolute atomic E-state index is 0.192. The predicted molar refractivity (Wildman–Crippen MR) is 77.6 cm³/mol. The van der Waals surface area contributed by atoms with Gasteiger partial charge < -0.3 is 5.11 Å². The van der Waals surface area contributed by atoms with Gasteiger partial charge in [0, 0.05) is 0 Å². The molecule has 1 spiro atoms. The van der Waals surface area contributed by atoms with E-state index < -0.39 is 5.60 Å². The number of hydrogen-bond acceptors (Lipinski definition) is 1. The zero-order valence-corrected chi connectivity index (χ0v) is 12.7. The largest absolute Gasteiger partial charge is 0.389 e. The standard InChI is InChI=1S/C17H32O/c1-4-15(5-2)13-10-14-16(17(15,18)6-3)11-8-7-9-12-16/h18H,4-14H2,1-3H3. The highest BCUT2D eigenvalue weighted by molar-refractivity contribution is 5.11. The summed E-state index contributed by atoms with van der Waals surface area (Å²) in [6.07, 6.45) is 13.7. The first-order valence-corrected chi connectivity index (χ1v) is 8.32. The Morgan fingerprint density at radius 2 is 1.28 bits per heavy atom. The first-order chi connectivity index (χ1) is 8.60. The van der Waals surface area contributed by atoms with Crippen molar-refractivity contribution >= 4 is 0 Å². The lowest BCUT2D eigenvalue weighted by Crippen LogP contribution is -2.62. The van der Waals surface area contributed by atoms with Crippen LogP contribution in [0, 0.1) is 10.8 Å². The lowest BCUT2D eigenvalue weighted by Gasteiger charge is -2.62. The Hall–Kier alpha value is -0.0400. The van der Waals surface area contributed by atoms with E-state index >= 15 is 0 Å². The van der Waals surface area contributed by atoms with Gasteiger partial charge in [-0.25, -0.2) is 0 Å². The van der Waals surface area contributed by atoms with Crippen molar-refractivity contribution in [2.24, 2.45) is 10.8 Å². The van der Waals surface area contributed by atoms with Gasteiger partial charge in [-0.3, -0.25) is 0 Å². The van der Waals surface area contributed by atoms with E-state index in [-0.39, 0.29) is 10.8 Å². The van der Waals surface area contributed by atoms with Crippen LogP contribution in [0.1, 0.15) is 91.4 Å². The van der Waals surface area contributed by atoms with Gasteiger partial charge in [-0.2, -0.15) is 0 Å². The molecule has 2 fully saturated rings. The molecule has 1 atom stereocenters. The van der Waals surface area contributed by atoms with E-state index in [0.717, 1.165) is 19.3 Å². The van der Waals surface area contributed by atoms with Gasteiger partial charge in [0.25, 0.3) is 0 Å². The molecule has 0 aromatic carbocycles. The smallest absolute Gasteiger partial charge is 0.0756 e. The summed E-state index contributed by atoms with van der Waals surface area (Å²) in [6, 6.07) is 0. The molecule has 0 aromatic rings. The average molecular weight is 252 g/mol. The molecule has 0 amide bonds. The molecular formula is C17H32O. The van der Waals surface area contributed by atoms with Crippen LogP contribution in [0.25, 0.3) is 0 Å². The summed E-state index contributed by atoms with van der Waals surface area (Å²) >= 11 is 0. The molecule has 2 aliphatic rings. The van der Waals surface area contributed by atoms with Gasteiger partial charge in [-0.05, 0) is 55.8 Å². The highest BCUT2D eigenvalue weighted by Crippen LogP contribution is 2.63. The second-order valence-corrected chi connectivity index (χ2v) is 6.90. The molecule has 106 valence electrons. The third-order valence-corrected chi connectivity index (χ3v) is 6.74. The van der Waals surface area contributed by atoms with Gasteiger partial charge in [0.05, 0.1) is 5.60 Å². The van der Waals surface area contributed by atoms with E-state index in [1.165, 1.54) is 51.4 Å². The molecule has 2 rings (SSSR count). The Morgan fingerprint density at radius 1 is 0.722 bits per heavy atom. The van der Waals surface area contributed by atoms with Crippen LogP contribution in [0.15, 0.2) is 0 Å². The molecule has 0 bridgehead atoms. The maximum Gasteiger partial charge on any atom is 0.0756 e. The fraction of sp³-hybridized carbons (Fsp3) is 1.00. The molecule has 0 radical (unpaired) electrons. The maximum atomic E-state index is 11.7. The molecule has 0 heterocycles. The van der Waals surface area contributed by atoms with Crippen molar-refractivity contribution < 1.29 is 5.11 Å². The number of aliphatic hydroxyl groups is 1. The normalized spacial score (nSPS) is 34.7. The average Bonchev–Trinajstić information content (AvgIpc) is 2.43. The molecule has 2 aliphatic carbocycles. The van der Waals surface area contributed by atoms with Crippen LogP contribution in [0.5, 0.6) is 0 Å². The van der Waals surface area contributed by atoms with Crippen LogP contribution in [0.4, 0.5) is 0 Å². The Labute approximate surface area is 113 Å². The molecule has 1 N–H and O–H groups in total. The van der Waals surface area contributed by atoms with Crippen molar-refractivity contribution in [2.75, 3.05) is 0 Å². The fourth-order valence-corrected chi connectivity index (χ4v) is 5.57. The van der Waals surface area contributed by atoms with Gasteiger partial charge in [0.15, 0.2) is 0 Å². The first kappa shape index (κ1) is 14.4. The van der Waals surface area contributed by atoms with E-state index in [9.17, 15) is 5.11 Å². The van der Waals surface area contributed by atoms with E-state index in [1.807, 2.05) is 0 Å². The monoisotopic (exact) mass is 252 g/mol. The summed E-state index contributed by atoms with van der Waals surface area (Å²) in [7, 11) is 0. The van der Waals surface area contributed by atoms with Gasteiger partial charge in [0.2, 0.25) is 0 Å². The van der Waals surface area contributed by atoms with Crippen molar-refractivity contribution in [3.05, 3.63) is 0 Å². The molecule has 1 unspecified atom stereocenters. The topological polar surface area (TPSA) is 20.2 Å². The van der Waals surface area contributed by atoms with Crippen LogP contribution in [-0.2, 0) is 0 Å². The SMILES string of the molecule is CCC1(CC)CCCC2(CCCCC2)C1(O)CC. The minimum atomic E-state index is -0.401. The van der Waals surface area contributed by atoms with Crippen LogP contribution in [0.3, 0.4) is 0 Å². The highest BCUT2D eigenvalue weighted by Gasteiger charge is 2.60. The van der Waals surface area contributed by atoms with Crippen molar-refractivity contribution in [1.29, 1.82) is 0 Å². The molecule has 1 heteroatoms. The van der Waals surface area contributed by atoms with Crippen molar-refractivity contribution in [3.8, 4) is 0 Å². The van der Waals surface area contributed by atoms with Gasteiger partial charge in [0.1, 0.15) is 0 Å². The quantitative estimate of drug-likeness (QED) is 0.743. The van der Waals surface area contributed by atoms with Crippen LogP contribution >= 0.6 is 0 Å². The summed E-state index contributed by atoms with van der Waals surface area (Å²) < 4.78 is 0. The fourth-order valence-electron chi connectivity index (χ4n) is 5.57. The van der Waals surface area contributed by atoms with Crippen molar-refractivity contribution in [3.63, 3.8) is 0 Å². The Kier molecular flexibility index (Phi) is 4.11. The van der Waals surface area contributed by atoms with Crippen LogP contribution in [-0.4, -0.2) is 10.7 Å². The maximum absolute atomic E-state index is 11.7. The molecule has 0 aliphatic heterocycles. The van der Waals surface area contributed by atoms with Crippen LogP contribution < -0.4 is 0 Å². The second-order valence-electron chi connectivity index (χ2n) is 6.90. The lowest BCUT2D eigenvalue weighted by atomic mass is 9.46. The molecule has 2 saturated carbocycles. The number of rotatable bonds is 3. The van der Waals surface area contributed by atoms with E-state index in [2.05, 4.69) is 20.8 Å². The van der Waals surface area contributed by atoms with E-state index in [0.29, 0.717) is 0 Å². The Bertz CT molecular complexity index is 268. The Morgan fingerprint density at radius 3 is 1.78 bits per heavy atom. The zero-order chi connectivity index (χ0) is 13.3. The third kappa shape index (κ3) is 1.77. The van der Waals surface area contributed by atoms with E-state index in [1.54, 1.807) is 0 Å². The van der Waals surface area contributed by atoms with Gasteiger partial charge in [-0.15, -0.1) is 0 Å². The highest BCUT2D eigenvalue weighted by atomic mass is 16.3.